The summed E-state index contributed by atoms with van der Waals surface area (Å²) in [7, 11) is 0. The van der Waals surface area contributed by atoms with Gasteiger partial charge >= 0.3 is 5.97 Å². The predicted octanol–water partition coefficient (Wildman–Crippen LogP) is 3.54. The molecule has 1 fully saturated rings. The van der Waals surface area contributed by atoms with Crippen LogP contribution in [0.3, 0.4) is 0 Å². The molecule has 5 nitrogen and oxygen atoms in total. The maximum absolute atomic E-state index is 14.0. The summed E-state index contributed by atoms with van der Waals surface area (Å²) < 4.78 is 19.4. The molecule has 1 aromatic carbocycles. The lowest BCUT2D eigenvalue weighted by Gasteiger charge is -2.41. The van der Waals surface area contributed by atoms with Crippen LogP contribution in [0.1, 0.15) is 38.2 Å². The number of hydrogen-bond donors (Lipinski definition) is 0. The molecule has 0 bridgehead atoms. The van der Waals surface area contributed by atoms with Crippen LogP contribution in [0.2, 0.25) is 0 Å². The molecule has 146 valence electrons. The minimum atomic E-state index is -0.623. The monoisotopic (exact) mass is 374 g/mol. The summed E-state index contributed by atoms with van der Waals surface area (Å²) >= 11 is 0. The van der Waals surface area contributed by atoms with Gasteiger partial charge in [-0.05, 0) is 32.4 Å². The van der Waals surface area contributed by atoms with Crippen molar-refractivity contribution in [3.63, 3.8) is 0 Å². The molecular weight excluding hydrogens is 347 g/mol. The quantitative estimate of drug-likeness (QED) is 0.541. The minimum absolute atomic E-state index is 0.179. The van der Waals surface area contributed by atoms with E-state index in [0.717, 1.165) is 25.9 Å². The SMILES string of the molecule is C=CCN1CCCC(CC2CC(c3ccccc3F)=NO2)(C(=O)OCC)C1. The first kappa shape index (κ1) is 19.5. The molecule has 0 N–H and O–H groups in total. The van der Waals surface area contributed by atoms with E-state index in [2.05, 4.69) is 16.6 Å². The largest absolute Gasteiger partial charge is 0.466 e. The molecule has 2 heterocycles. The van der Waals surface area contributed by atoms with E-state index in [4.69, 9.17) is 9.57 Å². The van der Waals surface area contributed by atoms with Crippen molar-refractivity contribution < 1.29 is 18.8 Å². The third kappa shape index (κ3) is 4.38. The van der Waals surface area contributed by atoms with Crippen molar-refractivity contribution >= 4 is 11.7 Å². The maximum atomic E-state index is 14.0. The Kier molecular flexibility index (Phi) is 6.26. The first-order valence-corrected chi connectivity index (χ1v) is 9.56. The van der Waals surface area contributed by atoms with E-state index in [-0.39, 0.29) is 17.9 Å². The van der Waals surface area contributed by atoms with Crippen LogP contribution in [0.15, 0.2) is 42.1 Å². The van der Waals surface area contributed by atoms with Gasteiger partial charge in [0, 0.05) is 31.5 Å². The normalized spacial score (nSPS) is 25.6. The second kappa shape index (κ2) is 8.65. The van der Waals surface area contributed by atoms with Crippen LogP contribution in [0.25, 0.3) is 0 Å². The van der Waals surface area contributed by atoms with Crippen LogP contribution >= 0.6 is 0 Å². The summed E-state index contributed by atoms with van der Waals surface area (Å²) in [6.45, 7) is 8.27. The number of halogens is 1. The summed E-state index contributed by atoms with van der Waals surface area (Å²) in [5, 5.41) is 4.10. The molecule has 0 radical (unpaired) electrons. The minimum Gasteiger partial charge on any atom is -0.466 e. The molecule has 27 heavy (non-hydrogen) atoms. The van der Waals surface area contributed by atoms with Crippen molar-refractivity contribution in [2.24, 2.45) is 10.6 Å². The maximum Gasteiger partial charge on any atom is 0.313 e. The lowest BCUT2D eigenvalue weighted by molar-refractivity contribution is -0.162. The Morgan fingerprint density at radius 3 is 3.07 bits per heavy atom. The number of carbonyl (C=O) groups excluding carboxylic acids is 1. The Hall–Kier alpha value is -2.21. The summed E-state index contributed by atoms with van der Waals surface area (Å²) in [6.07, 6.45) is 4.28. The molecule has 2 aliphatic rings. The first-order chi connectivity index (χ1) is 13.1. The van der Waals surface area contributed by atoms with E-state index in [9.17, 15) is 9.18 Å². The number of oxime groups is 1. The van der Waals surface area contributed by atoms with Gasteiger partial charge in [-0.25, -0.2) is 4.39 Å². The van der Waals surface area contributed by atoms with Gasteiger partial charge in [-0.2, -0.15) is 0 Å². The molecule has 0 saturated carbocycles. The molecule has 2 unspecified atom stereocenters. The van der Waals surface area contributed by atoms with Gasteiger partial charge in [0.25, 0.3) is 0 Å². The predicted molar refractivity (Wildman–Crippen MR) is 102 cm³/mol. The van der Waals surface area contributed by atoms with Crippen LogP contribution in [0.4, 0.5) is 4.39 Å². The zero-order chi connectivity index (χ0) is 19.3. The van der Waals surface area contributed by atoms with Gasteiger partial charge in [-0.1, -0.05) is 29.4 Å². The highest BCUT2D eigenvalue weighted by atomic mass is 19.1. The molecule has 0 amide bonds. The molecule has 1 aromatic rings. The summed E-state index contributed by atoms with van der Waals surface area (Å²) in [5.74, 6) is -0.489. The zero-order valence-corrected chi connectivity index (χ0v) is 15.8. The second-order valence-corrected chi connectivity index (χ2v) is 7.28. The van der Waals surface area contributed by atoms with Crippen molar-refractivity contribution in [2.45, 2.75) is 38.7 Å². The highest BCUT2D eigenvalue weighted by Gasteiger charge is 2.46. The highest BCUT2D eigenvalue weighted by Crippen LogP contribution is 2.39. The number of benzene rings is 1. The lowest BCUT2D eigenvalue weighted by atomic mass is 9.74. The summed E-state index contributed by atoms with van der Waals surface area (Å²) in [5.41, 5.74) is 0.431. The Balaban J connectivity index is 1.73. The molecule has 1 saturated heterocycles. The number of esters is 1. The Morgan fingerprint density at radius 1 is 1.52 bits per heavy atom. The van der Waals surface area contributed by atoms with Gasteiger partial charge in [0.2, 0.25) is 0 Å². The number of hydrogen-bond acceptors (Lipinski definition) is 5. The number of rotatable bonds is 7. The van der Waals surface area contributed by atoms with E-state index in [1.54, 1.807) is 18.2 Å². The Labute approximate surface area is 159 Å². The van der Waals surface area contributed by atoms with Crippen LogP contribution in [-0.4, -0.2) is 48.9 Å². The van der Waals surface area contributed by atoms with E-state index in [0.29, 0.717) is 37.3 Å². The fourth-order valence-corrected chi connectivity index (χ4v) is 4.09. The average molecular weight is 374 g/mol. The number of piperidine rings is 1. The third-order valence-corrected chi connectivity index (χ3v) is 5.29. The Bertz CT molecular complexity index is 721. The number of likely N-dealkylation sites (tertiary alicyclic amines) is 1. The highest BCUT2D eigenvalue weighted by molar-refractivity contribution is 6.01. The molecule has 3 rings (SSSR count). The molecule has 6 heteroatoms. The number of nitrogens with zero attached hydrogens (tertiary/aromatic N) is 2. The van der Waals surface area contributed by atoms with Crippen LogP contribution in [0.5, 0.6) is 0 Å². The van der Waals surface area contributed by atoms with Crippen molar-refractivity contribution in [2.75, 3.05) is 26.2 Å². The van der Waals surface area contributed by atoms with Gasteiger partial charge in [-0.3, -0.25) is 9.69 Å². The van der Waals surface area contributed by atoms with Crippen molar-refractivity contribution in [1.82, 2.24) is 4.90 Å². The second-order valence-electron chi connectivity index (χ2n) is 7.28. The number of ether oxygens (including phenoxy) is 1. The van der Waals surface area contributed by atoms with Gasteiger partial charge in [0.15, 0.2) is 0 Å². The van der Waals surface area contributed by atoms with Crippen molar-refractivity contribution in [3.05, 3.63) is 48.3 Å². The van der Waals surface area contributed by atoms with E-state index in [1.165, 1.54) is 6.07 Å². The topological polar surface area (TPSA) is 51.1 Å². The average Bonchev–Trinajstić information content (AvgIpc) is 3.11. The van der Waals surface area contributed by atoms with Gasteiger partial charge in [-0.15, -0.1) is 6.58 Å². The standard InChI is InChI=1S/C21H27FN2O3/c1-3-11-24-12-7-10-21(15-24,20(25)26-4-2)14-16-13-19(23-27-16)17-8-5-6-9-18(17)22/h3,5-6,8-9,16H,1,4,7,10-15H2,2H3. The fourth-order valence-electron chi connectivity index (χ4n) is 4.09. The molecule has 0 aliphatic carbocycles. The fraction of sp³-hybridized carbons (Fsp3) is 0.524. The molecule has 2 atom stereocenters. The molecule has 0 spiro atoms. The van der Waals surface area contributed by atoms with Crippen molar-refractivity contribution in [3.8, 4) is 0 Å². The first-order valence-electron chi connectivity index (χ1n) is 9.56. The van der Waals surface area contributed by atoms with Gasteiger partial charge < -0.3 is 9.57 Å². The van der Waals surface area contributed by atoms with E-state index >= 15 is 0 Å². The van der Waals surface area contributed by atoms with E-state index in [1.807, 2.05) is 13.0 Å². The smallest absolute Gasteiger partial charge is 0.313 e. The Morgan fingerprint density at radius 2 is 2.33 bits per heavy atom. The zero-order valence-electron chi connectivity index (χ0n) is 15.8. The van der Waals surface area contributed by atoms with Gasteiger partial charge in [0.05, 0.1) is 17.7 Å². The lowest BCUT2D eigenvalue weighted by Crippen LogP contribution is -2.50. The van der Waals surface area contributed by atoms with Crippen molar-refractivity contribution in [1.29, 1.82) is 0 Å². The third-order valence-electron chi connectivity index (χ3n) is 5.29. The molecular formula is C21H27FN2O3. The molecule has 2 aliphatic heterocycles. The summed E-state index contributed by atoms with van der Waals surface area (Å²) in [6, 6.07) is 6.55. The van der Waals surface area contributed by atoms with Crippen LogP contribution in [-0.2, 0) is 14.4 Å². The summed E-state index contributed by atoms with van der Waals surface area (Å²) in [4.78, 5) is 20.7. The van der Waals surface area contributed by atoms with Crippen LogP contribution < -0.4 is 0 Å². The van der Waals surface area contributed by atoms with Crippen LogP contribution in [0, 0.1) is 11.2 Å². The number of carbonyl (C=O) groups is 1. The van der Waals surface area contributed by atoms with Gasteiger partial charge in [0.1, 0.15) is 11.9 Å². The van der Waals surface area contributed by atoms with E-state index < -0.39 is 5.41 Å². The molecule has 0 aromatic heterocycles.